The third kappa shape index (κ3) is 3.80. The maximum atomic E-state index is 14.3. The van der Waals surface area contributed by atoms with Crippen molar-refractivity contribution < 1.29 is 13.6 Å². The van der Waals surface area contributed by atoms with Crippen LogP contribution in [0, 0.1) is 17.6 Å². The maximum Gasteiger partial charge on any atom is 0.226 e. The number of carbonyl (C=O) groups excluding carboxylic acids is 1. The zero-order chi connectivity index (χ0) is 19.7. The molecule has 1 N–H and O–H groups in total. The molecule has 2 fully saturated rings. The smallest absolute Gasteiger partial charge is 0.226 e. The molecule has 4 rings (SSSR count). The Morgan fingerprint density at radius 3 is 2.64 bits per heavy atom. The van der Waals surface area contributed by atoms with Crippen molar-refractivity contribution in [1.82, 2.24) is 9.62 Å². The number of benzene rings is 2. The predicted octanol–water partition coefficient (Wildman–Crippen LogP) is 4.59. The molecule has 6 heteroatoms. The molecule has 0 bridgehead atoms. The minimum absolute atomic E-state index is 0.00148. The van der Waals surface area contributed by atoms with E-state index >= 15 is 0 Å². The molecular weight excluding hydrogens is 378 g/mol. The molecule has 28 heavy (non-hydrogen) atoms. The van der Waals surface area contributed by atoms with Crippen molar-refractivity contribution >= 4 is 17.9 Å². The van der Waals surface area contributed by atoms with Gasteiger partial charge in [0, 0.05) is 25.0 Å². The lowest BCUT2D eigenvalue weighted by atomic mass is 9.95. The molecule has 3 nitrogen and oxygen atoms in total. The lowest BCUT2D eigenvalue weighted by Crippen LogP contribution is -2.46. The molecule has 2 aromatic rings. The minimum Gasteiger partial charge on any atom is -0.341 e. The van der Waals surface area contributed by atoms with Crippen LogP contribution in [-0.2, 0) is 4.79 Å². The fourth-order valence-corrected chi connectivity index (χ4v) is 4.82. The second kappa shape index (κ2) is 8.21. The third-order valence-corrected chi connectivity index (χ3v) is 6.29. The predicted molar refractivity (Wildman–Crippen MR) is 109 cm³/mol. The van der Waals surface area contributed by atoms with E-state index in [4.69, 9.17) is 0 Å². The van der Waals surface area contributed by atoms with Crippen LogP contribution >= 0.6 is 11.9 Å². The van der Waals surface area contributed by atoms with Crippen LogP contribution in [0.15, 0.2) is 42.5 Å². The molecule has 2 aliphatic rings. The van der Waals surface area contributed by atoms with Gasteiger partial charge in [0.1, 0.15) is 11.6 Å². The highest BCUT2D eigenvalue weighted by Crippen LogP contribution is 2.51. The Bertz CT molecular complexity index is 853. The summed E-state index contributed by atoms with van der Waals surface area (Å²) in [7, 11) is 0. The van der Waals surface area contributed by atoms with Crippen molar-refractivity contribution in [3.05, 3.63) is 59.7 Å². The lowest BCUT2D eigenvalue weighted by Gasteiger charge is -2.33. The van der Waals surface area contributed by atoms with Gasteiger partial charge in [-0.3, -0.25) is 9.52 Å². The number of carbonyl (C=O) groups is 1. The highest BCUT2D eigenvalue weighted by molar-refractivity contribution is 7.96. The molecule has 1 heterocycles. The topological polar surface area (TPSA) is 32.3 Å². The summed E-state index contributed by atoms with van der Waals surface area (Å²) in [6.07, 6.45) is 4.81. The molecule has 1 saturated heterocycles. The van der Waals surface area contributed by atoms with Gasteiger partial charge in [0.05, 0.1) is 5.56 Å². The summed E-state index contributed by atoms with van der Waals surface area (Å²) >= 11 is 1.59. The molecule has 0 aromatic heterocycles. The van der Waals surface area contributed by atoms with Gasteiger partial charge in [0.2, 0.25) is 5.91 Å². The maximum absolute atomic E-state index is 14.3. The fraction of sp³-hybridized carbons (Fsp3) is 0.409. The summed E-state index contributed by atoms with van der Waals surface area (Å²) < 4.78 is 32.0. The van der Waals surface area contributed by atoms with Crippen molar-refractivity contribution in [3.63, 3.8) is 0 Å². The molecule has 0 spiro atoms. The normalized spacial score (nSPS) is 24.2. The number of amides is 1. The molecule has 1 aliphatic carbocycles. The van der Waals surface area contributed by atoms with Gasteiger partial charge in [-0.05, 0) is 54.7 Å². The van der Waals surface area contributed by atoms with Crippen LogP contribution in [0.4, 0.5) is 8.78 Å². The first-order valence-electron chi connectivity index (χ1n) is 9.70. The van der Waals surface area contributed by atoms with E-state index in [0.29, 0.717) is 11.6 Å². The average Bonchev–Trinajstić information content (AvgIpc) is 3.49. The van der Waals surface area contributed by atoms with Crippen LogP contribution in [0.2, 0.25) is 0 Å². The first-order chi connectivity index (χ1) is 13.6. The number of likely N-dealkylation sites (tertiary alicyclic amines) is 1. The van der Waals surface area contributed by atoms with E-state index < -0.39 is 11.6 Å². The highest BCUT2D eigenvalue weighted by atomic mass is 32.2. The minimum atomic E-state index is -0.571. The third-order valence-electron chi connectivity index (χ3n) is 5.72. The lowest BCUT2D eigenvalue weighted by molar-refractivity contribution is -0.133. The van der Waals surface area contributed by atoms with Gasteiger partial charge in [0.15, 0.2) is 0 Å². The van der Waals surface area contributed by atoms with Crippen LogP contribution < -0.4 is 4.72 Å². The van der Waals surface area contributed by atoms with Crippen LogP contribution in [0.25, 0.3) is 11.1 Å². The Morgan fingerprint density at radius 1 is 1.14 bits per heavy atom. The Hall–Kier alpha value is -1.92. The molecule has 2 aromatic carbocycles. The molecule has 0 radical (unpaired) electrons. The number of halogens is 2. The summed E-state index contributed by atoms with van der Waals surface area (Å²) in [5, 5.41) is 0. The van der Waals surface area contributed by atoms with Gasteiger partial charge in [-0.1, -0.05) is 42.3 Å². The number of nitrogens with one attached hydrogen (secondary N) is 1. The Balaban J connectivity index is 1.54. The van der Waals surface area contributed by atoms with Crippen LogP contribution in [-0.4, -0.2) is 36.2 Å². The van der Waals surface area contributed by atoms with Gasteiger partial charge < -0.3 is 4.90 Å². The van der Waals surface area contributed by atoms with Crippen molar-refractivity contribution in [2.45, 2.75) is 31.2 Å². The fourth-order valence-electron chi connectivity index (χ4n) is 4.29. The van der Waals surface area contributed by atoms with E-state index in [1.54, 1.807) is 24.1 Å². The number of nitrogens with zero attached hydrogens (tertiary/aromatic N) is 1. The molecule has 1 unspecified atom stereocenters. The van der Waals surface area contributed by atoms with Gasteiger partial charge >= 0.3 is 0 Å². The van der Waals surface area contributed by atoms with Crippen molar-refractivity contribution in [3.8, 4) is 11.1 Å². The van der Waals surface area contributed by atoms with E-state index in [1.807, 2.05) is 23.3 Å². The SMILES string of the molecule is CSNC1CCCN(C(=O)[C@@H]2C[C@H]2c2ccccc2-c2c(F)cccc2F)C1. The van der Waals surface area contributed by atoms with Crippen molar-refractivity contribution in [1.29, 1.82) is 0 Å². The van der Waals surface area contributed by atoms with Crippen LogP contribution in [0.5, 0.6) is 0 Å². The second-order valence-electron chi connectivity index (χ2n) is 7.58. The summed E-state index contributed by atoms with van der Waals surface area (Å²) in [6.45, 7) is 1.52. The standard InChI is InChI=1S/C22H24F2N2OS/c1-28-25-14-6-5-11-26(13-14)22(27)18-12-17(18)15-7-2-3-8-16(15)21-19(23)9-4-10-20(21)24/h2-4,7-10,14,17-18,25H,5-6,11-13H2,1H3/t14?,17-,18+/m0/s1. The summed E-state index contributed by atoms with van der Waals surface area (Å²) in [4.78, 5) is 15.0. The van der Waals surface area contributed by atoms with Crippen LogP contribution in [0.3, 0.4) is 0 Å². The molecular formula is C22H24F2N2OS. The molecule has 1 amide bonds. The Morgan fingerprint density at radius 2 is 1.89 bits per heavy atom. The van der Waals surface area contributed by atoms with Crippen molar-refractivity contribution in [2.75, 3.05) is 19.3 Å². The largest absolute Gasteiger partial charge is 0.341 e. The summed E-state index contributed by atoms with van der Waals surface area (Å²) in [5.41, 5.74) is 1.41. The van der Waals surface area contributed by atoms with E-state index in [9.17, 15) is 13.6 Å². The number of rotatable bonds is 5. The number of hydrogen-bond donors (Lipinski definition) is 1. The van der Waals surface area contributed by atoms with E-state index in [0.717, 1.165) is 37.9 Å². The summed E-state index contributed by atoms with van der Waals surface area (Å²) in [5.74, 6) is -1.04. The van der Waals surface area contributed by atoms with Gasteiger partial charge in [-0.2, -0.15) is 0 Å². The van der Waals surface area contributed by atoms with E-state index in [2.05, 4.69) is 4.72 Å². The quantitative estimate of drug-likeness (QED) is 0.743. The van der Waals surface area contributed by atoms with Gasteiger partial charge in [0.25, 0.3) is 0 Å². The molecule has 148 valence electrons. The van der Waals surface area contributed by atoms with E-state index in [1.165, 1.54) is 18.2 Å². The Kier molecular flexibility index (Phi) is 5.69. The number of hydrogen-bond acceptors (Lipinski definition) is 3. The molecule has 3 atom stereocenters. The van der Waals surface area contributed by atoms with Crippen molar-refractivity contribution in [2.24, 2.45) is 5.92 Å². The monoisotopic (exact) mass is 402 g/mol. The zero-order valence-corrected chi connectivity index (χ0v) is 16.6. The average molecular weight is 403 g/mol. The van der Waals surface area contributed by atoms with E-state index in [-0.39, 0.29) is 23.3 Å². The number of piperidine rings is 1. The molecule has 1 saturated carbocycles. The highest BCUT2D eigenvalue weighted by Gasteiger charge is 2.47. The summed E-state index contributed by atoms with van der Waals surface area (Å²) in [6, 6.07) is 11.5. The molecule has 1 aliphatic heterocycles. The van der Waals surface area contributed by atoms with Gasteiger partial charge in [-0.25, -0.2) is 8.78 Å². The van der Waals surface area contributed by atoms with Crippen LogP contribution in [0.1, 0.15) is 30.7 Å². The first-order valence-corrected chi connectivity index (χ1v) is 10.9. The first kappa shape index (κ1) is 19.4. The Labute approximate surface area is 168 Å². The van der Waals surface area contributed by atoms with Gasteiger partial charge in [-0.15, -0.1) is 0 Å². The zero-order valence-electron chi connectivity index (χ0n) is 15.8. The second-order valence-corrected chi connectivity index (χ2v) is 8.22.